The van der Waals surface area contributed by atoms with Crippen molar-refractivity contribution in [2.75, 3.05) is 20.1 Å². The normalized spacial score (nSPS) is 30.5. The van der Waals surface area contributed by atoms with Crippen molar-refractivity contribution >= 4 is 16.1 Å². The first-order valence-electron chi connectivity index (χ1n) is 11.7. The fraction of sp³-hybridized carbons (Fsp3) is 0.810. The van der Waals surface area contributed by atoms with Crippen molar-refractivity contribution in [1.82, 2.24) is 24.4 Å². The Morgan fingerprint density at radius 1 is 1.16 bits per heavy atom. The molecule has 4 heterocycles. The van der Waals surface area contributed by atoms with Crippen LogP contribution in [0.1, 0.15) is 80.0 Å². The first-order chi connectivity index (χ1) is 14.9. The van der Waals surface area contributed by atoms with Crippen molar-refractivity contribution in [3.05, 3.63) is 17.5 Å². The molecule has 2 bridgehead atoms. The molecule has 31 heavy (non-hydrogen) atoms. The van der Waals surface area contributed by atoms with Gasteiger partial charge in [-0.05, 0) is 64.5 Å². The summed E-state index contributed by atoms with van der Waals surface area (Å²) in [5, 5.41) is 10.3. The first-order valence-corrected chi connectivity index (χ1v) is 13.1. The zero-order chi connectivity index (χ0) is 21.6. The molecule has 10 heteroatoms. The van der Waals surface area contributed by atoms with Gasteiger partial charge in [0.2, 0.25) is 0 Å². The minimum absolute atomic E-state index is 0.0421. The predicted octanol–water partition coefficient (Wildman–Crippen LogP) is 1.60. The third kappa shape index (κ3) is 4.27. The van der Waals surface area contributed by atoms with Gasteiger partial charge in [-0.25, -0.2) is 0 Å². The molecular formula is C21H33N5O4S. The Labute approximate surface area is 184 Å². The smallest absolute Gasteiger partial charge is 0.282 e. The molecule has 0 unspecified atom stereocenters. The summed E-state index contributed by atoms with van der Waals surface area (Å²) in [6.45, 7) is 1.71. The highest BCUT2D eigenvalue weighted by Crippen LogP contribution is 2.40. The Bertz CT molecular complexity index is 895. The Balaban J connectivity index is 1.26. The number of amides is 1. The van der Waals surface area contributed by atoms with E-state index in [1.807, 2.05) is 0 Å². The quantitative estimate of drug-likeness (QED) is 0.680. The second kappa shape index (κ2) is 8.46. The molecule has 3 aliphatic heterocycles. The third-order valence-electron chi connectivity index (χ3n) is 7.44. The minimum atomic E-state index is -3.53. The van der Waals surface area contributed by atoms with E-state index in [1.54, 1.807) is 21.7 Å². The molecule has 3 saturated heterocycles. The van der Waals surface area contributed by atoms with E-state index in [1.165, 1.54) is 0 Å². The van der Waals surface area contributed by atoms with E-state index in [2.05, 4.69) is 15.8 Å². The van der Waals surface area contributed by atoms with Crippen LogP contribution in [0.2, 0.25) is 0 Å². The molecule has 3 atom stereocenters. The number of hydrogen-bond donors (Lipinski definition) is 2. The number of nitrogens with one attached hydrogen (secondary N) is 2. The number of fused-ring (bicyclic) bond motifs is 2. The van der Waals surface area contributed by atoms with Crippen molar-refractivity contribution in [2.45, 2.75) is 87.9 Å². The van der Waals surface area contributed by atoms with Gasteiger partial charge >= 0.3 is 0 Å². The zero-order valence-corrected chi connectivity index (χ0v) is 18.9. The van der Waals surface area contributed by atoms with Crippen molar-refractivity contribution in [3.8, 4) is 0 Å². The van der Waals surface area contributed by atoms with Crippen LogP contribution in [0.4, 0.5) is 0 Å². The van der Waals surface area contributed by atoms with Gasteiger partial charge in [-0.3, -0.25) is 4.79 Å². The molecular weight excluding hydrogens is 418 g/mol. The summed E-state index contributed by atoms with van der Waals surface area (Å²) < 4.78 is 35.8. The van der Waals surface area contributed by atoms with Crippen LogP contribution in [0.25, 0.3) is 0 Å². The van der Waals surface area contributed by atoms with Gasteiger partial charge in [0.1, 0.15) is 5.76 Å². The van der Waals surface area contributed by atoms with E-state index in [0.717, 1.165) is 63.8 Å². The molecule has 172 valence electrons. The molecule has 1 aromatic heterocycles. The van der Waals surface area contributed by atoms with E-state index >= 15 is 0 Å². The number of piperidine rings is 3. The van der Waals surface area contributed by atoms with Crippen LogP contribution < -0.4 is 10.6 Å². The van der Waals surface area contributed by atoms with Crippen molar-refractivity contribution in [1.29, 1.82) is 0 Å². The zero-order valence-electron chi connectivity index (χ0n) is 18.1. The Morgan fingerprint density at radius 3 is 2.48 bits per heavy atom. The Kier molecular flexibility index (Phi) is 5.83. The van der Waals surface area contributed by atoms with Crippen molar-refractivity contribution in [2.24, 2.45) is 0 Å². The highest BCUT2D eigenvalue weighted by Gasteiger charge is 2.47. The van der Waals surface area contributed by atoms with Crippen LogP contribution >= 0.6 is 0 Å². The van der Waals surface area contributed by atoms with Crippen LogP contribution in [0.5, 0.6) is 0 Å². The van der Waals surface area contributed by atoms with Gasteiger partial charge in [-0.2, -0.15) is 17.0 Å². The van der Waals surface area contributed by atoms with Gasteiger partial charge in [0.15, 0.2) is 5.69 Å². The monoisotopic (exact) mass is 451 g/mol. The van der Waals surface area contributed by atoms with Crippen LogP contribution in [0.3, 0.4) is 0 Å². The summed E-state index contributed by atoms with van der Waals surface area (Å²) in [4.78, 5) is 12.7. The summed E-state index contributed by atoms with van der Waals surface area (Å²) in [5.74, 6) is 0.990. The summed E-state index contributed by atoms with van der Waals surface area (Å²) >= 11 is 0. The van der Waals surface area contributed by atoms with E-state index in [0.29, 0.717) is 24.5 Å². The number of hydrogen-bond acceptors (Lipinski definition) is 6. The van der Waals surface area contributed by atoms with Crippen molar-refractivity contribution < 1.29 is 17.7 Å². The number of rotatable bonds is 6. The lowest BCUT2D eigenvalue weighted by atomic mass is 9.84. The van der Waals surface area contributed by atoms with Gasteiger partial charge in [0.05, 0.1) is 0 Å². The molecule has 0 spiro atoms. The van der Waals surface area contributed by atoms with Gasteiger partial charge in [-0.15, -0.1) is 0 Å². The summed E-state index contributed by atoms with van der Waals surface area (Å²) in [6.07, 6.45) is 7.90. The second-order valence-electron chi connectivity index (χ2n) is 9.60. The third-order valence-corrected chi connectivity index (χ3v) is 9.59. The Hall–Kier alpha value is -1.49. The fourth-order valence-electron chi connectivity index (χ4n) is 5.56. The second-order valence-corrected chi connectivity index (χ2v) is 11.5. The molecule has 4 fully saturated rings. The van der Waals surface area contributed by atoms with Crippen LogP contribution in [-0.2, 0) is 10.2 Å². The lowest BCUT2D eigenvalue weighted by Crippen LogP contribution is -2.62. The molecule has 5 rings (SSSR count). The molecule has 0 aromatic carbocycles. The maximum Gasteiger partial charge on any atom is 0.282 e. The molecule has 1 saturated carbocycles. The predicted molar refractivity (Wildman–Crippen MR) is 115 cm³/mol. The molecule has 2 N–H and O–H groups in total. The summed E-state index contributed by atoms with van der Waals surface area (Å²) in [5.41, 5.74) is 0.327. The van der Waals surface area contributed by atoms with E-state index in [-0.39, 0.29) is 30.1 Å². The number of nitrogens with zero attached hydrogens (tertiary/aromatic N) is 3. The van der Waals surface area contributed by atoms with Gasteiger partial charge in [0.25, 0.3) is 16.1 Å². The number of aromatic nitrogens is 1. The van der Waals surface area contributed by atoms with Crippen molar-refractivity contribution in [3.63, 3.8) is 0 Å². The summed E-state index contributed by atoms with van der Waals surface area (Å²) in [6, 6.07) is 1.64. The van der Waals surface area contributed by atoms with E-state index < -0.39 is 10.2 Å². The highest BCUT2D eigenvalue weighted by molar-refractivity contribution is 7.86. The average Bonchev–Trinajstić information content (AvgIpc) is 3.49. The lowest BCUT2D eigenvalue weighted by molar-refractivity contribution is 0.0756. The maximum absolute atomic E-state index is 13.5. The molecule has 1 amide bonds. The number of carbonyl (C=O) groups is 1. The average molecular weight is 452 g/mol. The van der Waals surface area contributed by atoms with Gasteiger partial charge in [0, 0.05) is 43.2 Å². The first kappa shape index (κ1) is 21.4. The molecule has 1 aliphatic carbocycles. The lowest BCUT2D eigenvalue weighted by Gasteiger charge is -2.49. The molecule has 4 aliphatic rings. The SMILES string of the molecule is CN(C1CCNCC1)S(=O)(=O)N1[C@@H]2CCC[C@H]1C[C@H](NC(=O)c1cc(C3CC3)on1)C2. The fourth-order valence-corrected chi connectivity index (χ4v) is 7.58. The molecule has 1 aromatic rings. The van der Waals surface area contributed by atoms with Crippen LogP contribution in [0, 0.1) is 0 Å². The van der Waals surface area contributed by atoms with E-state index in [4.69, 9.17) is 4.52 Å². The Morgan fingerprint density at radius 2 is 1.84 bits per heavy atom. The largest absolute Gasteiger partial charge is 0.360 e. The van der Waals surface area contributed by atoms with Crippen LogP contribution in [-0.4, -0.2) is 72.4 Å². The minimum Gasteiger partial charge on any atom is -0.360 e. The van der Waals surface area contributed by atoms with Gasteiger partial charge < -0.3 is 15.2 Å². The highest BCUT2D eigenvalue weighted by atomic mass is 32.2. The molecule has 9 nitrogen and oxygen atoms in total. The molecule has 0 radical (unpaired) electrons. The standard InChI is InChI=1S/C21H33N5O4S/c1-25(16-7-9-22-10-8-16)31(28,29)26-17-3-2-4-18(26)12-15(11-17)23-21(27)19-13-20(30-24-19)14-5-6-14/h13-18,22H,2-12H2,1H3,(H,23,27)/t15-,17-,18+. The van der Waals surface area contributed by atoms with Gasteiger partial charge in [-0.1, -0.05) is 11.6 Å². The maximum atomic E-state index is 13.5. The van der Waals surface area contributed by atoms with E-state index in [9.17, 15) is 13.2 Å². The van der Waals surface area contributed by atoms with Crippen LogP contribution in [0.15, 0.2) is 10.6 Å². The number of carbonyl (C=O) groups excluding carboxylic acids is 1. The topological polar surface area (TPSA) is 108 Å². The summed E-state index contributed by atoms with van der Waals surface area (Å²) in [7, 11) is -1.79.